The maximum absolute atomic E-state index is 5.91. The van der Waals surface area contributed by atoms with Gasteiger partial charge in [0.15, 0.2) is 5.17 Å². The highest BCUT2D eigenvalue weighted by Gasteiger charge is 1.97. The third-order valence-electron chi connectivity index (χ3n) is 3.01. The molecule has 0 bridgehead atoms. The fourth-order valence-corrected chi connectivity index (χ4v) is 3.36. The Morgan fingerprint density at radius 2 is 2.09 bits per heavy atom. The van der Waals surface area contributed by atoms with Crippen molar-refractivity contribution in [2.75, 3.05) is 18.1 Å². The molecule has 2 aromatic rings. The van der Waals surface area contributed by atoms with Gasteiger partial charge in [-0.15, -0.1) is 0 Å². The van der Waals surface area contributed by atoms with Crippen molar-refractivity contribution >= 4 is 28.7 Å². The molecular weight excluding hydrogens is 312 g/mol. The van der Waals surface area contributed by atoms with E-state index >= 15 is 0 Å². The fraction of sp³-hybridized carbons (Fsp3) is 0.375. The summed E-state index contributed by atoms with van der Waals surface area (Å²) in [6.45, 7) is 0.789. The summed E-state index contributed by atoms with van der Waals surface area (Å²) in [6, 6.07) is 10.5. The highest BCUT2D eigenvalue weighted by Crippen LogP contribution is 2.11. The van der Waals surface area contributed by atoms with E-state index in [1.54, 1.807) is 18.1 Å². The number of nitrogens with one attached hydrogen (secondary N) is 1. The molecule has 0 spiro atoms. The predicted octanol–water partition coefficient (Wildman–Crippen LogP) is 3.32. The Morgan fingerprint density at radius 3 is 2.86 bits per heavy atom. The molecule has 6 heteroatoms. The maximum Gasteiger partial charge on any atom is 0.153 e. The molecule has 0 aliphatic rings. The topological polar surface area (TPSA) is 67.1 Å². The van der Waals surface area contributed by atoms with E-state index in [0.29, 0.717) is 5.17 Å². The third kappa shape index (κ3) is 7.04. The Bertz CT molecular complexity index is 541. The molecule has 0 saturated carbocycles. The van der Waals surface area contributed by atoms with Gasteiger partial charge in [0.1, 0.15) is 0 Å². The summed E-state index contributed by atoms with van der Waals surface area (Å²) in [4.78, 5) is 11.5. The number of rotatable bonds is 9. The van der Waals surface area contributed by atoms with Crippen LogP contribution in [0.15, 0.2) is 47.8 Å². The van der Waals surface area contributed by atoms with E-state index in [9.17, 15) is 0 Å². The van der Waals surface area contributed by atoms with E-state index < -0.39 is 0 Å². The SMILES string of the molecule is NC(=NCCSCc1ccccc1)SCCCc1cnc[nH]1. The van der Waals surface area contributed by atoms with Crippen LogP contribution in [0.25, 0.3) is 0 Å². The van der Waals surface area contributed by atoms with Gasteiger partial charge in [-0.3, -0.25) is 4.99 Å². The Balaban J connectivity index is 1.50. The molecule has 1 aromatic carbocycles. The molecule has 0 unspecified atom stereocenters. The van der Waals surface area contributed by atoms with E-state index in [1.807, 2.05) is 24.0 Å². The Kier molecular flexibility index (Phi) is 7.98. The van der Waals surface area contributed by atoms with Gasteiger partial charge >= 0.3 is 0 Å². The second kappa shape index (κ2) is 10.3. The van der Waals surface area contributed by atoms with Crippen LogP contribution < -0.4 is 5.73 Å². The monoisotopic (exact) mass is 334 g/mol. The first-order valence-electron chi connectivity index (χ1n) is 7.36. The number of aliphatic imine (C=N–C) groups is 1. The van der Waals surface area contributed by atoms with Crippen molar-refractivity contribution in [2.45, 2.75) is 18.6 Å². The molecule has 3 N–H and O–H groups in total. The summed E-state index contributed by atoms with van der Waals surface area (Å²) in [7, 11) is 0. The van der Waals surface area contributed by atoms with Crippen molar-refractivity contribution in [1.29, 1.82) is 0 Å². The van der Waals surface area contributed by atoms with Crippen LogP contribution in [-0.2, 0) is 12.2 Å². The Labute approximate surface area is 140 Å². The summed E-state index contributed by atoms with van der Waals surface area (Å²) in [5.74, 6) is 3.03. The second-order valence-electron chi connectivity index (χ2n) is 4.79. The molecule has 0 saturated heterocycles. The molecule has 0 aliphatic carbocycles. The second-order valence-corrected chi connectivity index (χ2v) is 7.01. The zero-order valence-electron chi connectivity index (χ0n) is 12.6. The lowest BCUT2D eigenvalue weighted by atomic mass is 10.2. The van der Waals surface area contributed by atoms with Crippen LogP contribution in [0.2, 0.25) is 0 Å². The minimum Gasteiger partial charge on any atom is -0.379 e. The van der Waals surface area contributed by atoms with E-state index in [2.05, 4.69) is 39.2 Å². The summed E-state index contributed by atoms with van der Waals surface area (Å²) in [5, 5.41) is 0.699. The van der Waals surface area contributed by atoms with Crippen LogP contribution >= 0.6 is 23.5 Å². The summed E-state index contributed by atoms with van der Waals surface area (Å²) in [6.07, 6.45) is 5.66. The number of aromatic amines is 1. The molecule has 1 aromatic heterocycles. The van der Waals surface area contributed by atoms with Crippen LogP contribution in [0, 0.1) is 0 Å². The van der Waals surface area contributed by atoms with Gasteiger partial charge in [-0.1, -0.05) is 42.1 Å². The zero-order chi connectivity index (χ0) is 15.5. The Morgan fingerprint density at radius 1 is 1.23 bits per heavy atom. The molecule has 4 nitrogen and oxygen atoms in total. The number of hydrogen-bond acceptors (Lipinski definition) is 4. The van der Waals surface area contributed by atoms with E-state index in [1.165, 1.54) is 11.3 Å². The highest BCUT2D eigenvalue weighted by molar-refractivity contribution is 8.13. The fourth-order valence-electron chi connectivity index (χ4n) is 1.89. The first-order valence-corrected chi connectivity index (χ1v) is 9.50. The number of benzene rings is 1. The summed E-state index contributed by atoms with van der Waals surface area (Å²) < 4.78 is 0. The molecular formula is C16H22N4S2. The number of hydrogen-bond donors (Lipinski definition) is 2. The standard InChI is InChI=1S/C16H22N4S2/c17-16(22-9-4-7-15-11-18-13-20-15)19-8-10-21-12-14-5-2-1-3-6-14/h1-3,5-6,11,13H,4,7-10,12H2,(H2,17,19)(H,18,20). The minimum absolute atomic E-state index is 0.699. The van der Waals surface area contributed by atoms with Gasteiger partial charge in [-0.2, -0.15) is 11.8 Å². The van der Waals surface area contributed by atoms with Crippen LogP contribution in [-0.4, -0.2) is 33.2 Å². The van der Waals surface area contributed by atoms with Crippen molar-refractivity contribution in [2.24, 2.45) is 10.7 Å². The largest absolute Gasteiger partial charge is 0.379 e. The van der Waals surface area contributed by atoms with Gasteiger partial charge < -0.3 is 10.7 Å². The Hall–Kier alpha value is -1.40. The quantitative estimate of drug-likeness (QED) is 0.419. The van der Waals surface area contributed by atoms with E-state index in [0.717, 1.165) is 36.6 Å². The van der Waals surface area contributed by atoms with Crippen molar-refractivity contribution in [3.63, 3.8) is 0 Å². The smallest absolute Gasteiger partial charge is 0.153 e. The molecule has 0 radical (unpaired) electrons. The van der Waals surface area contributed by atoms with Crippen LogP contribution in [0.5, 0.6) is 0 Å². The summed E-state index contributed by atoms with van der Waals surface area (Å²) in [5.41, 5.74) is 8.44. The van der Waals surface area contributed by atoms with Gasteiger partial charge in [0, 0.05) is 29.1 Å². The highest BCUT2D eigenvalue weighted by atomic mass is 32.2. The maximum atomic E-state index is 5.91. The van der Waals surface area contributed by atoms with Crippen molar-refractivity contribution in [3.05, 3.63) is 54.1 Å². The molecule has 22 heavy (non-hydrogen) atoms. The minimum atomic E-state index is 0.699. The summed E-state index contributed by atoms with van der Waals surface area (Å²) >= 11 is 3.53. The first-order chi connectivity index (χ1) is 10.8. The number of nitrogens with zero attached hydrogens (tertiary/aromatic N) is 2. The van der Waals surface area contributed by atoms with Crippen molar-refractivity contribution in [1.82, 2.24) is 9.97 Å². The van der Waals surface area contributed by atoms with Crippen molar-refractivity contribution in [3.8, 4) is 0 Å². The molecule has 0 amide bonds. The number of aromatic nitrogens is 2. The van der Waals surface area contributed by atoms with Gasteiger partial charge in [0.2, 0.25) is 0 Å². The lowest BCUT2D eigenvalue weighted by Crippen LogP contribution is -2.09. The third-order valence-corrected chi connectivity index (χ3v) is 4.94. The van der Waals surface area contributed by atoms with E-state index in [4.69, 9.17) is 5.73 Å². The van der Waals surface area contributed by atoms with Crippen LogP contribution in [0.4, 0.5) is 0 Å². The lowest BCUT2D eigenvalue weighted by molar-refractivity contribution is 0.903. The number of nitrogens with two attached hydrogens (primary N) is 1. The number of aryl methyl sites for hydroxylation is 1. The van der Waals surface area contributed by atoms with Gasteiger partial charge in [0.05, 0.1) is 12.9 Å². The molecule has 0 fully saturated rings. The lowest BCUT2D eigenvalue weighted by Gasteiger charge is -2.02. The van der Waals surface area contributed by atoms with Gasteiger partial charge in [0.25, 0.3) is 0 Å². The van der Waals surface area contributed by atoms with Gasteiger partial charge in [-0.25, -0.2) is 4.98 Å². The molecule has 1 heterocycles. The van der Waals surface area contributed by atoms with Crippen molar-refractivity contribution < 1.29 is 0 Å². The van der Waals surface area contributed by atoms with E-state index in [-0.39, 0.29) is 0 Å². The first kappa shape index (κ1) is 17.0. The number of H-pyrrole nitrogens is 1. The van der Waals surface area contributed by atoms with Gasteiger partial charge in [-0.05, 0) is 18.4 Å². The predicted molar refractivity (Wildman–Crippen MR) is 98.5 cm³/mol. The molecule has 2 rings (SSSR count). The molecule has 0 atom stereocenters. The van der Waals surface area contributed by atoms with Crippen LogP contribution in [0.3, 0.4) is 0 Å². The molecule has 0 aliphatic heterocycles. The number of imidazole rings is 1. The normalized spacial score (nSPS) is 11.7. The molecule has 118 valence electrons. The zero-order valence-corrected chi connectivity index (χ0v) is 14.2. The average molecular weight is 335 g/mol. The number of thioether (sulfide) groups is 2. The van der Waals surface area contributed by atoms with Crippen LogP contribution in [0.1, 0.15) is 17.7 Å². The average Bonchev–Trinajstić information content (AvgIpc) is 3.06. The number of amidine groups is 1.